The van der Waals surface area contributed by atoms with Crippen LogP contribution in [0.5, 0.6) is 0 Å². The van der Waals surface area contributed by atoms with Crippen molar-refractivity contribution in [3.63, 3.8) is 0 Å². The molecule has 23 heavy (non-hydrogen) atoms. The number of carboxylic acids is 1. The Labute approximate surface area is 132 Å². The van der Waals surface area contributed by atoms with Crippen molar-refractivity contribution in [2.45, 2.75) is 19.2 Å². The molecule has 2 aromatic heterocycles. The Morgan fingerprint density at radius 2 is 2.00 bits per heavy atom. The Balaban J connectivity index is 2.42. The minimum Gasteiger partial charge on any atom is -0.478 e. The zero-order chi connectivity index (χ0) is 16.9. The third-order valence-corrected chi connectivity index (χ3v) is 3.79. The largest absolute Gasteiger partial charge is 0.478 e. The van der Waals surface area contributed by atoms with Crippen molar-refractivity contribution in [2.75, 3.05) is 5.73 Å². The number of aromatic carboxylic acids is 1. The number of pyridine rings is 1. The molecule has 0 bridgehead atoms. The first-order valence-electron chi connectivity index (χ1n) is 7.09. The van der Waals surface area contributed by atoms with Gasteiger partial charge in [0.15, 0.2) is 0 Å². The summed E-state index contributed by atoms with van der Waals surface area (Å²) >= 11 is 0. The molecule has 0 amide bonds. The van der Waals surface area contributed by atoms with Crippen LogP contribution in [0.1, 0.15) is 29.8 Å². The number of aromatic nitrogens is 1. The molecule has 0 spiro atoms. The molecule has 0 aliphatic carbocycles. The van der Waals surface area contributed by atoms with Gasteiger partial charge in [-0.05, 0) is 29.1 Å². The Morgan fingerprint density at radius 3 is 2.61 bits per heavy atom. The number of carbonyl (C=O) groups is 1. The minimum absolute atomic E-state index is 0.0357. The zero-order valence-electron chi connectivity index (χ0n) is 13.0. The number of nitrogens with two attached hydrogens (primary N) is 1. The number of nitrogen functional groups attached to an aromatic ring is 1. The van der Waals surface area contributed by atoms with Gasteiger partial charge < -0.3 is 15.3 Å². The summed E-state index contributed by atoms with van der Waals surface area (Å²) < 4.78 is 5.63. The fourth-order valence-corrected chi connectivity index (χ4v) is 2.43. The lowest BCUT2D eigenvalue weighted by Crippen LogP contribution is -2.17. The van der Waals surface area contributed by atoms with E-state index in [9.17, 15) is 9.59 Å². The maximum atomic E-state index is 12.7. The number of hydrogen-bond donors (Lipinski definition) is 2. The van der Waals surface area contributed by atoms with Crippen molar-refractivity contribution in [1.29, 1.82) is 0 Å². The quantitative estimate of drug-likeness (QED) is 0.548. The Bertz CT molecular complexity index is 1020. The maximum absolute atomic E-state index is 12.7. The van der Waals surface area contributed by atoms with Crippen molar-refractivity contribution in [3.8, 4) is 0 Å². The van der Waals surface area contributed by atoms with E-state index in [1.807, 2.05) is 27.8 Å². The molecule has 116 valence electrons. The van der Waals surface area contributed by atoms with E-state index in [0.717, 1.165) is 5.56 Å². The topological polar surface area (TPSA) is 106 Å². The van der Waals surface area contributed by atoms with E-state index in [0.29, 0.717) is 11.0 Å². The Morgan fingerprint density at radius 1 is 1.30 bits per heavy atom. The second kappa shape index (κ2) is 4.84. The molecule has 6 nitrogen and oxygen atoms in total. The van der Waals surface area contributed by atoms with Crippen LogP contribution in [0, 0.1) is 0 Å². The van der Waals surface area contributed by atoms with E-state index in [1.165, 1.54) is 6.07 Å². The molecule has 2 heterocycles. The molecule has 7 heteroatoms. The minimum atomic E-state index is -1.24. The normalized spacial score (nSPS) is 11.9. The number of fused-ring (bicyclic) bond motifs is 2. The van der Waals surface area contributed by atoms with E-state index in [4.69, 9.17) is 15.3 Å². The maximum Gasteiger partial charge on any atom is 0.339 e. The number of nitrogens with zero attached hydrogens (tertiary/aromatic N) is 1. The molecular weight excluding hydrogens is 295 g/mol. The molecule has 3 rings (SSSR count). The van der Waals surface area contributed by atoms with Crippen molar-refractivity contribution in [3.05, 3.63) is 45.6 Å². The molecular formula is C16H15BN2O4. The highest BCUT2D eigenvalue weighted by atomic mass is 16.4. The highest BCUT2D eigenvalue weighted by Gasteiger charge is 2.18. The first-order chi connectivity index (χ1) is 10.7. The molecule has 3 N–H and O–H groups in total. The van der Waals surface area contributed by atoms with E-state index < -0.39 is 5.97 Å². The number of anilines is 1. The van der Waals surface area contributed by atoms with Gasteiger partial charge in [0.2, 0.25) is 11.1 Å². The molecule has 0 aliphatic heterocycles. The number of benzene rings is 1. The van der Waals surface area contributed by atoms with E-state index >= 15 is 0 Å². The number of carboxylic acid groups (broad SMARTS) is 1. The van der Waals surface area contributed by atoms with Gasteiger partial charge in [-0.25, -0.2) is 4.79 Å². The summed E-state index contributed by atoms with van der Waals surface area (Å²) in [5, 5.41) is 9.51. The lowest BCUT2D eigenvalue weighted by Gasteiger charge is -2.19. The van der Waals surface area contributed by atoms with E-state index in [1.54, 1.807) is 12.1 Å². The van der Waals surface area contributed by atoms with E-state index in [-0.39, 0.29) is 33.2 Å². The summed E-state index contributed by atoms with van der Waals surface area (Å²) in [6.07, 6.45) is 0. The molecule has 0 aliphatic rings. The van der Waals surface area contributed by atoms with Gasteiger partial charge in [-0.3, -0.25) is 4.79 Å². The SMILES string of the molecule is BC(C)(C)c1ccc2oc3nc(N)c(C(=O)O)cc3c(=O)c2c1. The first kappa shape index (κ1) is 15.1. The van der Waals surface area contributed by atoms with Gasteiger partial charge in [-0.2, -0.15) is 4.98 Å². The summed E-state index contributed by atoms with van der Waals surface area (Å²) in [6.45, 7) is 4.09. The molecule has 3 aromatic rings. The van der Waals surface area contributed by atoms with Crippen molar-refractivity contribution < 1.29 is 14.3 Å². The van der Waals surface area contributed by atoms with Crippen molar-refractivity contribution in [1.82, 2.24) is 4.98 Å². The Kier molecular flexibility index (Phi) is 3.17. The van der Waals surface area contributed by atoms with Gasteiger partial charge in [0.25, 0.3) is 0 Å². The molecule has 0 atom stereocenters. The smallest absolute Gasteiger partial charge is 0.339 e. The average Bonchev–Trinajstić information content (AvgIpc) is 2.45. The third kappa shape index (κ3) is 2.44. The van der Waals surface area contributed by atoms with Crippen LogP contribution in [0.2, 0.25) is 0 Å². The van der Waals surface area contributed by atoms with Crippen molar-refractivity contribution in [2.24, 2.45) is 0 Å². The van der Waals surface area contributed by atoms with Crippen LogP contribution in [0.15, 0.2) is 33.5 Å². The standard InChI is InChI=1S/C16H15BN2O4/c1-16(2,17)7-3-4-11-8(5-7)12(20)9-6-10(15(21)22)13(18)19-14(9)23-11/h3-6H,17H2,1-2H3,(H2,18,19)(H,21,22). The predicted octanol–water partition coefficient (Wildman–Crippen LogP) is 1.49. The lowest BCUT2D eigenvalue weighted by atomic mass is 9.67. The van der Waals surface area contributed by atoms with Gasteiger partial charge in [-0.15, -0.1) is 0 Å². The van der Waals surface area contributed by atoms with Gasteiger partial charge in [-0.1, -0.05) is 19.9 Å². The third-order valence-electron chi connectivity index (χ3n) is 3.79. The van der Waals surface area contributed by atoms with Crippen LogP contribution in [-0.2, 0) is 5.31 Å². The van der Waals surface area contributed by atoms with Crippen LogP contribution in [-0.4, -0.2) is 23.9 Å². The highest BCUT2D eigenvalue weighted by molar-refractivity contribution is 6.15. The highest BCUT2D eigenvalue weighted by Crippen LogP contribution is 2.25. The average molecular weight is 310 g/mol. The molecule has 1 aromatic carbocycles. The molecule has 0 saturated carbocycles. The van der Waals surface area contributed by atoms with Gasteiger partial charge >= 0.3 is 5.97 Å². The fraction of sp³-hybridized carbons (Fsp3) is 0.188. The second-order valence-electron chi connectivity index (χ2n) is 6.47. The second-order valence-corrected chi connectivity index (χ2v) is 6.47. The van der Waals surface area contributed by atoms with Crippen molar-refractivity contribution >= 4 is 41.7 Å². The van der Waals surface area contributed by atoms with Crippen LogP contribution in [0.25, 0.3) is 22.1 Å². The summed E-state index contributed by atoms with van der Waals surface area (Å²) in [5.74, 6) is -1.42. The number of hydrogen-bond acceptors (Lipinski definition) is 5. The lowest BCUT2D eigenvalue weighted by molar-refractivity contribution is 0.0698. The predicted molar refractivity (Wildman–Crippen MR) is 90.7 cm³/mol. The fourth-order valence-electron chi connectivity index (χ4n) is 2.43. The number of rotatable bonds is 2. The molecule has 0 fully saturated rings. The molecule has 0 saturated heterocycles. The summed E-state index contributed by atoms with van der Waals surface area (Å²) in [6, 6.07) is 6.61. The summed E-state index contributed by atoms with van der Waals surface area (Å²) in [4.78, 5) is 27.8. The summed E-state index contributed by atoms with van der Waals surface area (Å²) in [7, 11) is 2.04. The monoisotopic (exact) mass is 310 g/mol. The van der Waals surface area contributed by atoms with Gasteiger partial charge in [0.1, 0.15) is 24.8 Å². The van der Waals surface area contributed by atoms with Crippen LogP contribution >= 0.6 is 0 Å². The molecule has 0 unspecified atom stereocenters. The van der Waals surface area contributed by atoms with E-state index in [2.05, 4.69) is 4.98 Å². The zero-order valence-corrected chi connectivity index (χ0v) is 13.0. The van der Waals surface area contributed by atoms with Crippen LogP contribution < -0.4 is 11.2 Å². The van der Waals surface area contributed by atoms with Crippen LogP contribution in [0.3, 0.4) is 0 Å². The van der Waals surface area contributed by atoms with Gasteiger partial charge in [0.05, 0.1) is 10.8 Å². The molecule has 0 radical (unpaired) electrons. The van der Waals surface area contributed by atoms with Gasteiger partial charge in [0, 0.05) is 0 Å². The Hall–Kier alpha value is -2.83. The summed E-state index contributed by atoms with van der Waals surface area (Å²) in [5.41, 5.74) is 6.49. The van der Waals surface area contributed by atoms with Crippen LogP contribution in [0.4, 0.5) is 5.82 Å². The first-order valence-corrected chi connectivity index (χ1v) is 7.09.